The highest BCUT2D eigenvalue weighted by molar-refractivity contribution is 7.92. The zero-order valence-corrected chi connectivity index (χ0v) is 21.8. The Morgan fingerprint density at radius 2 is 1.89 bits per heavy atom. The summed E-state index contributed by atoms with van der Waals surface area (Å²) >= 11 is 6.11. The summed E-state index contributed by atoms with van der Waals surface area (Å²) in [6.45, 7) is 0. The van der Waals surface area contributed by atoms with Crippen molar-refractivity contribution in [3.63, 3.8) is 0 Å². The second-order valence-corrected chi connectivity index (χ2v) is 12.4. The van der Waals surface area contributed by atoms with Gasteiger partial charge in [-0.3, -0.25) is 9.78 Å². The number of Topliss-reactive ketones (excluding diaryl/α,β-unsaturated/α-hetero) is 1. The Balaban J connectivity index is 1.45. The van der Waals surface area contributed by atoms with E-state index in [1.54, 1.807) is 65.6 Å². The molecule has 0 bridgehead atoms. The number of carbonyl (C=O) groups is 1. The van der Waals surface area contributed by atoms with Crippen molar-refractivity contribution in [2.24, 2.45) is 5.41 Å². The van der Waals surface area contributed by atoms with Crippen LogP contribution >= 0.6 is 11.6 Å². The molecule has 6 nitrogen and oxygen atoms in total. The van der Waals surface area contributed by atoms with E-state index in [1.165, 1.54) is 18.2 Å². The lowest BCUT2D eigenvalue weighted by Gasteiger charge is -2.43. The number of benzene rings is 2. The van der Waals surface area contributed by atoms with E-state index in [9.17, 15) is 17.6 Å². The van der Waals surface area contributed by atoms with Gasteiger partial charge in [0.15, 0.2) is 15.6 Å². The SMILES string of the molecule is O=C(c1ccccn1)[C@]12Cc3cnn(-c4ccc(F)cc4)c3C=C1CC[C@H](S(=O)(=O)c1cccc(Cl)c1)C2. The van der Waals surface area contributed by atoms with Crippen LogP contribution in [0.5, 0.6) is 0 Å². The molecule has 1 saturated carbocycles. The number of nitrogens with zero attached hydrogens (tertiary/aromatic N) is 3. The lowest BCUT2D eigenvalue weighted by atomic mass is 9.61. The molecule has 2 aromatic carbocycles. The topological polar surface area (TPSA) is 81.9 Å². The Kier molecular flexibility index (Phi) is 6.04. The smallest absolute Gasteiger partial charge is 0.191 e. The maximum atomic E-state index is 14.2. The van der Waals surface area contributed by atoms with Gasteiger partial charge in [-0.1, -0.05) is 29.3 Å². The van der Waals surface area contributed by atoms with Crippen LogP contribution < -0.4 is 0 Å². The molecule has 0 N–H and O–H groups in total. The third-order valence-corrected chi connectivity index (χ3v) is 10.0. The van der Waals surface area contributed by atoms with E-state index in [1.807, 2.05) is 6.08 Å². The molecular weight excluding hydrogens is 525 g/mol. The predicted molar refractivity (Wildman–Crippen MR) is 142 cm³/mol. The van der Waals surface area contributed by atoms with Crippen molar-refractivity contribution in [2.75, 3.05) is 0 Å². The van der Waals surface area contributed by atoms with Gasteiger partial charge in [0, 0.05) is 11.2 Å². The summed E-state index contributed by atoms with van der Waals surface area (Å²) in [6.07, 6.45) is 6.45. The summed E-state index contributed by atoms with van der Waals surface area (Å²) in [5.74, 6) is -0.539. The van der Waals surface area contributed by atoms with Crippen molar-refractivity contribution in [3.8, 4) is 5.69 Å². The molecule has 0 spiro atoms. The van der Waals surface area contributed by atoms with Gasteiger partial charge in [0.2, 0.25) is 0 Å². The van der Waals surface area contributed by atoms with E-state index in [0.29, 0.717) is 35.7 Å². The number of rotatable bonds is 5. The summed E-state index contributed by atoms with van der Waals surface area (Å²) in [5, 5.41) is 4.11. The van der Waals surface area contributed by atoms with E-state index in [-0.39, 0.29) is 22.9 Å². The van der Waals surface area contributed by atoms with Crippen LogP contribution in [0.1, 0.15) is 41.0 Å². The maximum absolute atomic E-state index is 14.2. The maximum Gasteiger partial charge on any atom is 0.191 e. The molecule has 0 aliphatic heterocycles. The van der Waals surface area contributed by atoms with Crippen LogP contribution in [-0.2, 0) is 16.3 Å². The highest BCUT2D eigenvalue weighted by Crippen LogP contribution is 2.51. The van der Waals surface area contributed by atoms with Gasteiger partial charge in [-0.25, -0.2) is 17.5 Å². The average molecular weight is 548 g/mol. The number of sulfone groups is 1. The van der Waals surface area contributed by atoms with Gasteiger partial charge < -0.3 is 0 Å². The second-order valence-electron chi connectivity index (χ2n) is 9.78. The molecule has 1 fully saturated rings. The molecule has 192 valence electrons. The second kappa shape index (κ2) is 9.29. The molecule has 0 amide bonds. The first-order chi connectivity index (χ1) is 18.3. The molecule has 38 heavy (non-hydrogen) atoms. The van der Waals surface area contributed by atoms with Crippen molar-refractivity contribution in [2.45, 2.75) is 35.8 Å². The minimum absolute atomic E-state index is 0.129. The van der Waals surface area contributed by atoms with Crippen LogP contribution in [0.15, 0.2) is 89.6 Å². The molecule has 9 heteroatoms. The first-order valence-corrected chi connectivity index (χ1v) is 14.2. The van der Waals surface area contributed by atoms with Gasteiger partial charge in [0.25, 0.3) is 0 Å². The van der Waals surface area contributed by atoms with Gasteiger partial charge in [-0.05, 0) is 91.9 Å². The molecular formula is C29H23ClFN3O3S. The lowest BCUT2D eigenvalue weighted by molar-refractivity contribution is 0.0796. The Bertz CT molecular complexity index is 1680. The Morgan fingerprint density at radius 1 is 1.08 bits per heavy atom. The van der Waals surface area contributed by atoms with E-state index in [2.05, 4.69) is 10.1 Å². The number of hydrogen-bond donors (Lipinski definition) is 0. The molecule has 0 unspecified atom stereocenters. The van der Waals surface area contributed by atoms with Gasteiger partial charge in [-0.2, -0.15) is 5.10 Å². The van der Waals surface area contributed by atoms with Crippen molar-refractivity contribution >= 4 is 33.3 Å². The van der Waals surface area contributed by atoms with Gasteiger partial charge in [0.1, 0.15) is 11.5 Å². The summed E-state index contributed by atoms with van der Waals surface area (Å²) in [5.41, 5.74) is 2.42. The molecule has 2 aliphatic carbocycles. The van der Waals surface area contributed by atoms with E-state index < -0.39 is 20.5 Å². The third-order valence-electron chi connectivity index (χ3n) is 7.58. The van der Waals surface area contributed by atoms with Crippen LogP contribution in [0.25, 0.3) is 11.8 Å². The number of halogens is 2. The van der Waals surface area contributed by atoms with Crippen LogP contribution in [-0.4, -0.2) is 34.2 Å². The minimum Gasteiger partial charge on any atom is -0.291 e. The van der Waals surface area contributed by atoms with Crippen molar-refractivity contribution in [1.82, 2.24) is 14.8 Å². The fourth-order valence-electron chi connectivity index (χ4n) is 5.70. The summed E-state index contributed by atoms with van der Waals surface area (Å²) in [4.78, 5) is 18.6. The van der Waals surface area contributed by atoms with Crippen LogP contribution in [0, 0.1) is 11.2 Å². The van der Waals surface area contributed by atoms with Gasteiger partial charge >= 0.3 is 0 Å². The quantitative estimate of drug-likeness (QED) is 0.291. The first-order valence-electron chi connectivity index (χ1n) is 12.3. The molecule has 2 aliphatic rings. The molecule has 4 aromatic rings. The van der Waals surface area contributed by atoms with Gasteiger partial charge in [0.05, 0.1) is 33.1 Å². The van der Waals surface area contributed by atoms with Crippen molar-refractivity contribution < 1.29 is 17.6 Å². The van der Waals surface area contributed by atoms with Crippen LogP contribution in [0.4, 0.5) is 4.39 Å². The van der Waals surface area contributed by atoms with Crippen molar-refractivity contribution in [3.05, 3.63) is 112 Å². The fraction of sp³-hybridized carbons (Fsp3) is 0.207. The first kappa shape index (κ1) is 24.7. The van der Waals surface area contributed by atoms with E-state index >= 15 is 0 Å². The lowest BCUT2D eigenvalue weighted by Crippen LogP contribution is -2.45. The van der Waals surface area contributed by atoms with Crippen LogP contribution in [0.2, 0.25) is 5.02 Å². The summed E-state index contributed by atoms with van der Waals surface area (Å²) in [6, 6.07) is 17.5. The van der Waals surface area contributed by atoms with E-state index in [4.69, 9.17) is 11.6 Å². The monoisotopic (exact) mass is 547 g/mol. The number of hydrogen-bond acceptors (Lipinski definition) is 5. The van der Waals surface area contributed by atoms with Crippen molar-refractivity contribution in [1.29, 1.82) is 0 Å². The zero-order valence-electron chi connectivity index (χ0n) is 20.2. The highest BCUT2D eigenvalue weighted by atomic mass is 35.5. The average Bonchev–Trinajstić information content (AvgIpc) is 3.34. The van der Waals surface area contributed by atoms with E-state index in [0.717, 1.165) is 16.8 Å². The van der Waals surface area contributed by atoms with Crippen LogP contribution in [0.3, 0.4) is 0 Å². The molecule has 6 rings (SSSR count). The molecule has 0 radical (unpaired) electrons. The number of ketones is 1. The minimum atomic E-state index is -3.75. The molecule has 2 atom stereocenters. The zero-order chi connectivity index (χ0) is 26.5. The largest absolute Gasteiger partial charge is 0.291 e. The standard InChI is InChI=1S/C29H23ClFN3O3S/c30-21-4-3-5-24(15-21)38(36,37)25-12-7-20-14-27-19(18-33-34(27)23-10-8-22(31)9-11-23)16-29(20,17-25)28(35)26-6-1-2-13-32-26/h1-6,8-11,13-15,18,25H,7,12,16-17H2/t25-,29-/m0/s1. The summed E-state index contributed by atoms with van der Waals surface area (Å²) < 4.78 is 42.7. The highest BCUT2D eigenvalue weighted by Gasteiger charge is 2.52. The number of fused-ring (bicyclic) bond motifs is 2. The Hall–Kier alpha value is -3.62. The fourth-order valence-corrected chi connectivity index (χ4v) is 7.83. The Morgan fingerprint density at radius 3 is 2.63 bits per heavy atom. The predicted octanol–water partition coefficient (Wildman–Crippen LogP) is 5.90. The molecule has 2 aromatic heterocycles. The summed E-state index contributed by atoms with van der Waals surface area (Å²) in [7, 11) is -3.75. The van der Waals surface area contributed by atoms with Gasteiger partial charge in [-0.15, -0.1) is 0 Å². The third kappa shape index (κ3) is 4.08. The number of pyridine rings is 1. The molecule has 0 saturated heterocycles. The Labute approximate surface area is 224 Å². The number of aromatic nitrogens is 3. The normalized spacial score (nSPS) is 20.8. The number of carbonyl (C=O) groups excluding carboxylic acids is 1. The molecule has 2 heterocycles. The number of allylic oxidation sites excluding steroid dienone is 1.